The molecule has 1 unspecified atom stereocenters. The van der Waals surface area contributed by atoms with Gasteiger partial charge in [-0.25, -0.2) is 0 Å². The van der Waals surface area contributed by atoms with Crippen molar-refractivity contribution >= 4 is 30.1 Å². The molecule has 1 aromatic carbocycles. The number of halogens is 1. The summed E-state index contributed by atoms with van der Waals surface area (Å²) >= 11 is 6.51. The molecule has 2 aliphatic heterocycles. The normalized spacial score (nSPS) is 29.2. The lowest BCUT2D eigenvalue weighted by Gasteiger charge is -2.48. The molecule has 0 radical (unpaired) electrons. The summed E-state index contributed by atoms with van der Waals surface area (Å²) < 4.78 is 18.6. The topological polar surface area (TPSA) is 48.0 Å². The Hall–Kier alpha value is -1.34. The highest BCUT2D eigenvalue weighted by Gasteiger charge is 2.55. The van der Waals surface area contributed by atoms with Crippen LogP contribution < -0.4 is 5.46 Å². The van der Waals surface area contributed by atoms with E-state index in [9.17, 15) is 4.79 Å². The van der Waals surface area contributed by atoms with Gasteiger partial charge in [0.25, 0.3) is 0 Å². The molecule has 0 N–H and O–H groups in total. The fourth-order valence-corrected chi connectivity index (χ4v) is 4.27. The zero-order valence-electron chi connectivity index (χ0n) is 17.9. The minimum Gasteiger partial charge on any atom is -0.399 e. The molecule has 3 aliphatic rings. The van der Waals surface area contributed by atoms with Gasteiger partial charge in [-0.1, -0.05) is 24.2 Å². The van der Waals surface area contributed by atoms with E-state index in [0.29, 0.717) is 18.2 Å². The average Bonchev–Trinajstić information content (AvgIpc) is 3.36. The van der Waals surface area contributed by atoms with Crippen LogP contribution in [0.5, 0.6) is 0 Å². The van der Waals surface area contributed by atoms with E-state index in [2.05, 4.69) is 6.58 Å². The van der Waals surface area contributed by atoms with E-state index in [4.69, 9.17) is 25.6 Å². The Labute approximate surface area is 178 Å². The first-order valence-electron chi connectivity index (χ1n) is 10.2. The van der Waals surface area contributed by atoms with Gasteiger partial charge in [-0.15, -0.1) is 0 Å². The van der Waals surface area contributed by atoms with Crippen molar-refractivity contribution in [2.75, 3.05) is 13.2 Å². The first kappa shape index (κ1) is 20.9. The number of nitrogens with zero attached hydrogens (tertiary/aromatic N) is 1. The second-order valence-corrected chi connectivity index (χ2v) is 10.2. The van der Waals surface area contributed by atoms with Gasteiger partial charge < -0.3 is 18.9 Å². The maximum Gasteiger partial charge on any atom is 0.494 e. The van der Waals surface area contributed by atoms with Crippen molar-refractivity contribution in [3.8, 4) is 0 Å². The highest BCUT2D eigenvalue weighted by molar-refractivity contribution is 6.62. The van der Waals surface area contributed by atoms with Gasteiger partial charge in [0.15, 0.2) is 0 Å². The number of amides is 1. The smallest absolute Gasteiger partial charge is 0.399 e. The van der Waals surface area contributed by atoms with Gasteiger partial charge in [0, 0.05) is 5.02 Å². The summed E-state index contributed by atoms with van der Waals surface area (Å²) in [4.78, 5) is 14.6. The number of hydrogen-bond acceptors (Lipinski definition) is 4. The molecular formula is C22H29BClNO4. The van der Waals surface area contributed by atoms with Crippen LogP contribution in [0.4, 0.5) is 0 Å². The van der Waals surface area contributed by atoms with Crippen molar-refractivity contribution in [3.05, 3.63) is 41.4 Å². The Morgan fingerprint density at radius 3 is 2.31 bits per heavy atom. The second-order valence-electron chi connectivity index (χ2n) is 9.74. The molecule has 2 heterocycles. The molecule has 0 bridgehead atoms. The van der Waals surface area contributed by atoms with Gasteiger partial charge >= 0.3 is 7.12 Å². The van der Waals surface area contributed by atoms with Crippen LogP contribution in [0, 0.1) is 0 Å². The maximum absolute atomic E-state index is 12.7. The third-order valence-electron chi connectivity index (χ3n) is 7.02. The second kappa shape index (κ2) is 6.58. The van der Waals surface area contributed by atoms with Gasteiger partial charge in [-0.2, -0.15) is 0 Å². The SMILES string of the molecule is C=CC(=O)N1CC2(CC2)OCC1(C)c1cc(Cl)cc(B2OC(C)(C)C(C)(C)O2)c1. The number of morpholine rings is 1. The van der Waals surface area contributed by atoms with Gasteiger partial charge in [0.2, 0.25) is 5.91 Å². The summed E-state index contributed by atoms with van der Waals surface area (Å²) in [6.07, 6.45) is 3.34. The van der Waals surface area contributed by atoms with E-state index in [-0.39, 0.29) is 11.5 Å². The van der Waals surface area contributed by atoms with Crippen molar-refractivity contribution in [2.45, 2.75) is 69.8 Å². The summed E-state index contributed by atoms with van der Waals surface area (Å²) in [5, 5.41) is 0.575. The van der Waals surface area contributed by atoms with Gasteiger partial charge in [-0.3, -0.25) is 4.79 Å². The first-order valence-corrected chi connectivity index (χ1v) is 10.5. The molecule has 156 valence electrons. The molecule has 1 aromatic rings. The molecule has 1 saturated carbocycles. The first-order chi connectivity index (χ1) is 13.4. The van der Waals surface area contributed by atoms with Crippen LogP contribution in [0.2, 0.25) is 5.02 Å². The molecule has 3 fully saturated rings. The molecule has 5 nitrogen and oxygen atoms in total. The van der Waals surface area contributed by atoms with E-state index >= 15 is 0 Å². The minimum atomic E-state index is -0.650. The summed E-state index contributed by atoms with van der Waals surface area (Å²) in [5.74, 6) is -0.0979. The van der Waals surface area contributed by atoms with Crippen molar-refractivity contribution < 1.29 is 18.8 Å². The van der Waals surface area contributed by atoms with E-state index in [1.165, 1.54) is 6.08 Å². The quantitative estimate of drug-likeness (QED) is 0.558. The summed E-state index contributed by atoms with van der Waals surface area (Å²) in [7, 11) is -0.524. The molecule has 2 saturated heterocycles. The molecule has 4 rings (SSSR count). The Balaban J connectivity index is 1.71. The predicted octanol–water partition coefficient (Wildman–Crippen LogP) is 3.43. The van der Waals surface area contributed by atoms with Crippen LogP contribution >= 0.6 is 11.6 Å². The largest absolute Gasteiger partial charge is 0.494 e. The fraction of sp³-hybridized carbons (Fsp3) is 0.591. The highest BCUT2D eigenvalue weighted by atomic mass is 35.5. The summed E-state index contributed by atoms with van der Waals surface area (Å²) in [6, 6.07) is 5.78. The third-order valence-corrected chi connectivity index (χ3v) is 7.24. The van der Waals surface area contributed by atoms with E-state index in [1.54, 1.807) is 0 Å². The van der Waals surface area contributed by atoms with Crippen LogP contribution in [0.3, 0.4) is 0 Å². The molecule has 1 spiro atoms. The van der Waals surface area contributed by atoms with E-state index < -0.39 is 23.9 Å². The Morgan fingerprint density at radius 1 is 1.14 bits per heavy atom. The third kappa shape index (κ3) is 3.44. The lowest BCUT2D eigenvalue weighted by atomic mass is 9.76. The molecule has 1 atom stereocenters. The van der Waals surface area contributed by atoms with Crippen LogP contribution in [0.25, 0.3) is 0 Å². The zero-order chi connectivity index (χ0) is 21.2. The average molecular weight is 418 g/mol. The number of rotatable bonds is 3. The number of ether oxygens (including phenoxy) is 1. The van der Waals surface area contributed by atoms with Crippen LogP contribution in [-0.2, 0) is 24.4 Å². The van der Waals surface area contributed by atoms with Crippen molar-refractivity contribution in [1.82, 2.24) is 4.90 Å². The van der Waals surface area contributed by atoms with Gasteiger partial charge in [0.1, 0.15) is 0 Å². The monoisotopic (exact) mass is 417 g/mol. The number of hydrogen-bond donors (Lipinski definition) is 0. The molecule has 29 heavy (non-hydrogen) atoms. The zero-order valence-corrected chi connectivity index (χ0v) is 18.6. The Bertz CT molecular complexity index is 850. The Morgan fingerprint density at radius 2 is 1.76 bits per heavy atom. The molecule has 0 aromatic heterocycles. The molecule has 7 heteroatoms. The number of carbonyl (C=O) groups is 1. The van der Waals surface area contributed by atoms with Crippen LogP contribution in [0.15, 0.2) is 30.9 Å². The standard InChI is InChI=1S/C22H29BClNO4/c1-7-18(26)25-13-22(8-9-22)27-14-21(25,6)15-10-16(12-17(24)11-15)23-28-19(2,3)20(4,5)29-23/h7,10-12H,1,8-9,13-14H2,2-6H3. The van der Waals surface area contributed by atoms with Crippen molar-refractivity contribution in [3.63, 3.8) is 0 Å². The summed E-state index contributed by atoms with van der Waals surface area (Å²) in [5.41, 5.74) is 0.0151. The minimum absolute atomic E-state index is 0.0979. The van der Waals surface area contributed by atoms with E-state index in [0.717, 1.165) is 23.9 Å². The molecule has 1 aliphatic carbocycles. The lowest BCUT2D eigenvalue weighted by molar-refractivity contribution is -0.157. The molecular weight excluding hydrogens is 389 g/mol. The Kier molecular flexibility index (Phi) is 4.75. The van der Waals surface area contributed by atoms with Gasteiger partial charge in [0.05, 0.1) is 35.5 Å². The van der Waals surface area contributed by atoms with Crippen LogP contribution in [-0.4, -0.2) is 47.9 Å². The highest BCUT2D eigenvalue weighted by Crippen LogP contribution is 2.48. The van der Waals surface area contributed by atoms with Crippen LogP contribution in [0.1, 0.15) is 53.0 Å². The number of benzene rings is 1. The van der Waals surface area contributed by atoms with Gasteiger partial charge in [-0.05, 0) is 76.7 Å². The summed E-state index contributed by atoms with van der Waals surface area (Å²) in [6.45, 7) is 14.8. The maximum atomic E-state index is 12.7. The fourth-order valence-electron chi connectivity index (χ4n) is 4.03. The number of carbonyl (C=O) groups excluding carboxylic acids is 1. The van der Waals surface area contributed by atoms with Crippen molar-refractivity contribution in [1.29, 1.82) is 0 Å². The predicted molar refractivity (Wildman–Crippen MR) is 114 cm³/mol. The molecule has 1 amide bonds. The van der Waals surface area contributed by atoms with E-state index in [1.807, 2.05) is 57.7 Å². The lowest BCUT2D eigenvalue weighted by Crippen LogP contribution is -2.58. The van der Waals surface area contributed by atoms with Crippen molar-refractivity contribution in [2.24, 2.45) is 0 Å².